The Bertz CT molecular complexity index is 394. The maximum atomic E-state index is 12.6. The molecule has 2 heterocycles. The van der Waals surface area contributed by atoms with Crippen LogP contribution in [-0.4, -0.2) is 43.2 Å². The second-order valence-corrected chi connectivity index (χ2v) is 4.14. The monoisotopic (exact) mass is 243 g/mol. The van der Waals surface area contributed by atoms with Crippen molar-refractivity contribution in [1.82, 2.24) is 9.88 Å². The van der Waals surface area contributed by atoms with Gasteiger partial charge in [0.1, 0.15) is 11.9 Å². The Hall–Kier alpha value is -1.43. The molecule has 4 nitrogen and oxygen atoms in total. The first-order valence-corrected chi connectivity index (χ1v) is 5.41. The van der Waals surface area contributed by atoms with Crippen molar-refractivity contribution in [2.24, 2.45) is 0 Å². The van der Waals surface area contributed by atoms with Crippen molar-refractivity contribution < 1.29 is 13.5 Å². The largest absolute Gasteiger partial charge is 0.472 e. The van der Waals surface area contributed by atoms with Crippen molar-refractivity contribution in [3.8, 4) is 5.88 Å². The van der Waals surface area contributed by atoms with Gasteiger partial charge in [0.25, 0.3) is 6.43 Å². The molecule has 0 atom stereocenters. The number of aromatic nitrogens is 1. The highest BCUT2D eigenvalue weighted by molar-refractivity contribution is 5.41. The Morgan fingerprint density at radius 2 is 2.18 bits per heavy atom. The Balaban J connectivity index is 2.12. The van der Waals surface area contributed by atoms with Gasteiger partial charge >= 0.3 is 0 Å². The van der Waals surface area contributed by atoms with Crippen LogP contribution < -0.4 is 10.1 Å². The van der Waals surface area contributed by atoms with Crippen molar-refractivity contribution in [1.29, 1.82) is 0 Å². The molecule has 2 rings (SSSR count). The molecule has 1 fully saturated rings. The second-order valence-electron chi connectivity index (χ2n) is 4.14. The van der Waals surface area contributed by atoms with Crippen LogP contribution in [-0.2, 0) is 0 Å². The maximum absolute atomic E-state index is 12.6. The number of ether oxygens (including phenoxy) is 1. The Kier molecular flexibility index (Phi) is 3.42. The molecule has 1 aliphatic rings. The van der Waals surface area contributed by atoms with Gasteiger partial charge in [0.05, 0.1) is 0 Å². The zero-order valence-corrected chi connectivity index (χ0v) is 9.78. The van der Waals surface area contributed by atoms with Crippen LogP contribution in [0.2, 0.25) is 0 Å². The number of hydrogen-bond acceptors (Lipinski definition) is 4. The molecule has 1 N–H and O–H groups in total. The highest BCUT2D eigenvalue weighted by Gasteiger charge is 2.25. The van der Waals surface area contributed by atoms with E-state index in [1.807, 2.05) is 7.05 Å². The second kappa shape index (κ2) is 4.83. The third-order valence-corrected chi connectivity index (χ3v) is 2.65. The van der Waals surface area contributed by atoms with Crippen molar-refractivity contribution >= 4 is 5.82 Å². The van der Waals surface area contributed by atoms with Gasteiger partial charge in [0.15, 0.2) is 0 Å². The summed E-state index contributed by atoms with van der Waals surface area (Å²) in [6.07, 6.45) is -2.47. The number of hydrogen-bond donors (Lipinski definition) is 1. The highest BCUT2D eigenvalue weighted by atomic mass is 19.3. The molecule has 0 unspecified atom stereocenters. The zero-order chi connectivity index (χ0) is 12.4. The smallest absolute Gasteiger partial charge is 0.264 e. The fourth-order valence-electron chi connectivity index (χ4n) is 1.73. The van der Waals surface area contributed by atoms with Crippen LogP contribution in [0.15, 0.2) is 12.1 Å². The number of pyridine rings is 1. The Labute approximate surface area is 98.6 Å². The molecule has 0 amide bonds. The van der Waals surface area contributed by atoms with Gasteiger partial charge in [-0.1, -0.05) is 0 Å². The fourth-order valence-corrected chi connectivity index (χ4v) is 1.73. The van der Waals surface area contributed by atoms with Crippen molar-refractivity contribution in [3.05, 3.63) is 17.7 Å². The number of halogens is 2. The summed E-state index contributed by atoms with van der Waals surface area (Å²) in [7, 11) is 3.61. The lowest BCUT2D eigenvalue weighted by molar-refractivity contribution is 0.0353. The summed E-state index contributed by atoms with van der Waals surface area (Å²) in [5, 5.41) is 2.75. The van der Waals surface area contributed by atoms with Crippen LogP contribution in [0.1, 0.15) is 12.0 Å². The van der Waals surface area contributed by atoms with Crippen molar-refractivity contribution in [2.75, 3.05) is 32.5 Å². The number of likely N-dealkylation sites (tertiary alicyclic amines) is 1. The van der Waals surface area contributed by atoms with Gasteiger partial charge in [-0.3, -0.25) is 4.90 Å². The molecule has 0 aromatic carbocycles. The van der Waals surface area contributed by atoms with Crippen molar-refractivity contribution in [2.45, 2.75) is 12.5 Å². The van der Waals surface area contributed by atoms with Gasteiger partial charge in [-0.05, 0) is 13.1 Å². The Morgan fingerprint density at radius 1 is 1.47 bits per heavy atom. The minimum Gasteiger partial charge on any atom is -0.472 e. The molecular formula is C11H15F2N3O. The zero-order valence-electron chi connectivity index (χ0n) is 9.78. The maximum Gasteiger partial charge on any atom is 0.264 e. The molecule has 94 valence electrons. The SMILES string of the molecule is CNc1cc(C(F)F)cc(OC2CN(C)C2)n1. The average Bonchev–Trinajstić information content (AvgIpc) is 2.26. The summed E-state index contributed by atoms with van der Waals surface area (Å²) < 4.78 is 30.8. The van der Waals surface area contributed by atoms with Crippen LogP contribution in [0.5, 0.6) is 5.88 Å². The van der Waals surface area contributed by atoms with E-state index in [0.29, 0.717) is 5.82 Å². The summed E-state index contributed by atoms with van der Waals surface area (Å²) in [6, 6.07) is 2.62. The van der Waals surface area contributed by atoms with Gasteiger partial charge < -0.3 is 10.1 Å². The number of anilines is 1. The molecule has 0 aliphatic carbocycles. The predicted molar refractivity (Wildman–Crippen MR) is 60.7 cm³/mol. The number of alkyl halides is 2. The highest BCUT2D eigenvalue weighted by Crippen LogP contribution is 2.26. The van der Waals surface area contributed by atoms with Gasteiger partial charge in [-0.25, -0.2) is 8.78 Å². The number of rotatable bonds is 4. The van der Waals surface area contributed by atoms with Crippen LogP contribution in [0.3, 0.4) is 0 Å². The molecule has 0 bridgehead atoms. The van der Waals surface area contributed by atoms with Crippen LogP contribution in [0, 0.1) is 0 Å². The molecule has 1 aromatic rings. The van der Waals surface area contributed by atoms with E-state index in [-0.39, 0.29) is 17.5 Å². The van der Waals surface area contributed by atoms with Crippen molar-refractivity contribution in [3.63, 3.8) is 0 Å². The normalized spacial score (nSPS) is 17.0. The van der Waals surface area contributed by atoms with E-state index >= 15 is 0 Å². The van der Waals surface area contributed by atoms with E-state index in [2.05, 4.69) is 15.2 Å². The van der Waals surface area contributed by atoms with Gasteiger partial charge in [0.2, 0.25) is 5.88 Å². The Morgan fingerprint density at radius 3 is 2.71 bits per heavy atom. The molecule has 1 saturated heterocycles. The lowest BCUT2D eigenvalue weighted by Gasteiger charge is -2.35. The first kappa shape index (κ1) is 12.0. The van der Waals surface area contributed by atoms with E-state index in [4.69, 9.17) is 4.74 Å². The topological polar surface area (TPSA) is 37.4 Å². The van der Waals surface area contributed by atoms with Crippen LogP contribution in [0.4, 0.5) is 14.6 Å². The minimum atomic E-state index is -2.52. The summed E-state index contributed by atoms with van der Waals surface area (Å²) in [6.45, 7) is 1.60. The van der Waals surface area contributed by atoms with E-state index in [9.17, 15) is 8.78 Å². The van der Waals surface area contributed by atoms with E-state index in [0.717, 1.165) is 13.1 Å². The standard InChI is InChI=1S/C11H15F2N3O/c1-14-9-3-7(11(12)13)4-10(15-9)17-8-5-16(2)6-8/h3-4,8,11H,5-6H2,1-2H3,(H,14,15). The summed E-state index contributed by atoms with van der Waals surface area (Å²) in [4.78, 5) is 6.18. The average molecular weight is 243 g/mol. The van der Waals surface area contributed by atoms with Gasteiger partial charge in [-0.2, -0.15) is 4.98 Å². The predicted octanol–water partition coefficient (Wildman–Crippen LogP) is 1.75. The quantitative estimate of drug-likeness (QED) is 0.874. The molecule has 1 aromatic heterocycles. The van der Waals surface area contributed by atoms with E-state index < -0.39 is 6.43 Å². The van der Waals surface area contributed by atoms with E-state index in [1.165, 1.54) is 12.1 Å². The molecule has 0 spiro atoms. The van der Waals surface area contributed by atoms with Gasteiger partial charge in [-0.15, -0.1) is 0 Å². The third-order valence-electron chi connectivity index (χ3n) is 2.65. The number of likely N-dealkylation sites (N-methyl/N-ethyl adjacent to an activating group) is 1. The first-order valence-electron chi connectivity index (χ1n) is 5.41. The van der Waals surface area contributed by atoms with Crippen LogP contribution in [0.25, 0.3) is 0 Å². The number of nitrogens with one attached hydrogen (secondary N) is 1. The fraction of sp³-hybridized carbons (Fsp3) is 0.545. The molecule has 0 radical (unpaired) electrons. The third kappa shape index (κ3) is 2.82. The lowest BCUT2D eigenvalue weighted by atomic mass is 10.2. The molecular weight excluding hydrogens is 228 g/mol. The minimum absolute atomic E-state index is 0.0464. The molecule has 0 saturated carbocycles. The molecule has 17 heavy (non-hydrogen) atoms. The number of nitrogens with zero attached hydrogens (tertiary/aromatic N) is 2. The van der Waals surface area contributed by atoms with Gasteiger partial charge in [0, 0.05) is 31.8 Å². The van der Waals surface area contributed by atoms with E-state index in [1.54, 1.807) is 7.05 Å². The summed E-state index contributed by atoms with van der Waals surface area (Å²) in [5.74, 6) is 0.649. The summed E-state index contributed by atoms with van der Waals surface area (Å²) in [5.41, 5.74) is -0.0768. The first-order chi connectivity index (χ1) is 8.08. The lowest BCUT2D eigenvalue weighted by Crippen LogP contribution is -2.51. The molecule has 6 heteroatoms. The molecule has 1 aliphatic heterocycles. The summed E-state index contributed by atoms with van der Waals surface area (Å²) >= 11 is 0. The van der Waals surface area contributed by atoms with Crippen LogP contribution >= 0.6 is 0 Å².